The van der Waals surface area contributed by atoms with Crippen LogP contribution >= 0.6 is 11.3 Å². The first kappa shape index (κ1) is 14.6. The maximum Gasteiger partial charge on any atom is 0.222 e. The first-order valence-corrected chi connectivity index (χ1v) is 7.49. The molecule has 0 spiro atoms. The molecule has 2 rings (SSSR count). The average molecular weight is 293 g/mol. The van der Waals surface area contributed by atoms with Crippen LogP contribution in [-0.4, -0.2) is 25.7 Å². The molecule has 20 heavy (non-hydrogen) atoms. The average Bonchev–Trinajstić information content (AvgIpc) is 3.04. The number of nitrogens with one attached hydrogen (secondary N) is 1. The van der Waals surface area contributed by atoms with Crippen molar-refractivity contribution in [2.24, 2.45) is 0 Å². The minimum absolute atomic E-state index is 0.0128. The predicted octanol–water partition coefficient (Wildman–Crippen LogP) is 1.87. The third-order valence-corrected chi connectivity index (χ3v) is 4.13. The highest BCUT2D eigenvalue weighted by Gasteiger charge is 2.12. The SMILES string of the molecule is CCc1nnc(CNC(=O)C[C@@H](C)n2ccnc2C)s1. The van der Waals surface area contributed by atoms with Crippen LogP contribution in [0, 0.1) is 6.92 Å². The number of aryl methyl sites for hydroxylation is 2. The Bertz CT molecular complexity index is 577. The largest absolute Gasteiger partial charge is 0.349 e. The van der Waals surface area contributed by atoms with Crippen LogP contribution in [0.1, 0.15) is 42.1 Å². The Hall–Kier alpha value is -1.76. The second kappa shape index (κ2) is 6.60. The van der Waals surface area contributed by atoms with E-state index in [2.05, 4.69) is 20.5 Å². The number of carbonyl (C=O) groups is 1. The van der Waals surface area contributed by atoms with E-state index in [9.17, 15) is 4.79 Å². The van der Waals surface area contributed by atoms with Crippen molar-refractivity contribution in [3.8, 4) is 0 Å². The molecule has 0 aliphatic carbocycles. The zero-order valence-corrected chi connectivity index (χ0v) is 12.8. The summed E-state index contributed by atoms with van der Waals surface area (Å²) in [6.07, 6.45) is 4.95. The van der Waals surface area contributed by atoms with E-state index < -0.39 is 0 Å². The van der Waals surface area contributed by atoms with Gasteiger partial charge < -0.3 is 9.88 Å². The molecule has 7 heteroatoms. The molecule has 1 atom stereocenters. The second-order valence-corrected chi connectivity index (χ2v) is 5.80. The first-order chi connectivity index (χ1) is 9.60. The fourth-order valence-electron chi connectivity index (χ4n) is 1.97. The van der Waals surface area contributed by atoms with E-state index in [1.54, 1.807) is 17.5 Å². The van der Waals surface area contributed by atoms with Crippen LogP contribution in [0.4, 0.5) is 0 Å². The number of hydrogen-bond donors (Lipinski definition) is 1. The molecule has 0 unspecified atom stereocenters. The van der Waals surface area contributed by atoms with Crippen molar-refractivity contribution in [1.82, 2.24) is 25.1 Å². The molecule has 1 N–H and O–H groups in total. The van der Waals surface area contributed by atoms with Crippen LogP contribution in [0.5, 0.6) is 0 Å². The summed E-state index contributed by atoms with van der Waals surface area (Å²) in [5.41, 5.74) is 0. The first-order valence-electron chi connectivity index (χ1n) is 6.67. The van der Waals surface area contributed by atoms with Gasteiger partial charge >= 0.3 is 0 Å². The normalized spacial score (nSPS) is 12.3. The summed E-state index contributed by atoms with van der Waals surface area (Å²) in [5, 5.41) is 12.8. The molecule has 0 saturated carbocycles. The molecule has 0 radical (unpaired) electrons. The van der Waals surface area contributed by atoms with Crippen molar-refractivity contribution < 1.29 is 4.79 Å². The number of imidazole rings is 1. The summed E-state index contributed by atoms with van der Waals surface area (Å²) in [5.74, 6) is 0.931. The van der Waals surface area contributed by atoms with Gasteiger partial charge in [-0.15, -0.1) is 10.2 Å². The van der Waals surface area contributed by atoms with Crippen molar-refractivity contribution in [3.63, 3.8) is 0 Å². The molecule has 0 fully saturated rings. The van der Waals surface area contributed by atoms with Crippen LogP contribution in [0.2, 0.25) is 0 Å². The van der Waals surface area contributed by atoms with Gasteiger partial charge in [-0.3, -0.25) is 4.79 Å². The maximum absolute atomic E-state index is 11.9. The number of hydrogen-bond acceptors (Lipinski definition) is 5. The van der Waals surface area contributed by atoms with Crippen LogP contribution in [0.15, 0.2) is 12.4 Å². The van der Waals surface area contributed by atoms with Gasteiger partial charge in [-0.05, 0) is 20.3 Å². The predicted molar refractivity (Wildman–Crippen MR) is 77.4 cm³/mol. The van der Waals surface area contributed by atoms with Crippen molar-refractivity contribution in [2.75, 3.05) is 0 Å². The van der Waals surface area contributed by atoms with E-state index in [0.29, 0.717) is 13.0 Å². The van der Waals surface area contributed by atoms with Gasteiger partial charge in [-0.2, -0.15) is 0 Å². The zero-order chi connectivity index (χ0) is 14.5. The van der Waals surface area contributed by atoms with Gasteiger partial charge in [0.2, 0.25) is 5.91 Å². The van der Waals surface area contributed by atoms with Gasteiger partial charge in [0.25, 0.3) is 0 Å². The highest BCUT2D eigenvalue weighted by Crippen LogP contribution is 2.13. The second-order valence-electron chi connectivity index (χ2n) is 4.65. The molecule has 108 valence electrons. The summed E-state index contributed by atoms with van der Waals surface area (Å²) in [6.45, 7) is 6.43. The van der Waals surface area contributed by atoms with Crippen LogP contribution < -0.4 is 5.32 Å². The van der Waals surface area contributed by atoms with E-state index in [1.165, 1.54) is 0 Å². The Morgan fingerprint density at radius 1 is 1.45 bits per heavy atom. The summed E-state index contributed by atoms with van der Waals surface area (Å²) in [4.78, 5) is 16.1. The number of aromatic nitrogens is 4. The van der Waals surface area contributed by atoms with Gasteiger partial charge in [0.15, 0.2) is 0 Å². The summed E-state index contributed by atoms with van der Waals surface area (Å²) >= 11 is 1.54. The standard InChI is InChI=1S/C13H19N5OS/c1-4-12-16-17-13(20-12)8-15-11(19)7-9(2)18-6-5-14-10(18)3/h5-6,9H,4,7-8H2,1-3H3,(H,15,19)/t9-/m1/s1. The van der Waals surface area contributed by atoms with Crippen LogP contribution in [0.25, 0.3) is 0 Å². The molecule has 0 bridgehead atoms. The molecular weight excluding hydrogens is 274 g/mol. The Morgan fingerprint density at radius 3 is 2.80 bits per heavy atom. The molecule has 0 saturated heterocycles. The minimum Gasteiger partial charge on any atom is -0.349 e. The zero-order valence-electron chi connectivity index (χ0n) is 12.0. The number of rotatable bonds is 6. The molecule has 2 heterocycles. The molecule has 1 amide bonds. The lowest BCUT2D eigenvalue weighted by atomic mass is 10.2. The highest BCUT2D eigenvalue weighted by molar-refractivity contribution is 7.11. The molecule has 0 aliphatic rings. The molecule has 6 nitrogen and oxygen atoms in total. The highest BCUT2D eigenvalue weighted by atomic mass is 32.1. The fourth-order valence-corrected chi connectivity index (χ4v) is 2.69. The van der Waals surface area contributed by atoms with E-state index in [-0.39, 0.29) is 11.9 Å². The lowest BCUT2D eigenvalue weighted by molar-refractivity contribution is -0.121. The fraction of sp³-hybridized carbons (Fsp3) is 0.538. The monoisotopic (exact) mass is 293 g/mol. The van der Waals surface area contributed by atoms with Crippen molar-refractivity contribution in [1.29, 1.82) is 0 Å². The van der Waals surface area contributed by atoms with Gasteiger partial charge in [-0.1, -0.05) is 18.3 Å². The Morgan fingerprint density at radius 2 is 2.20 bits per heavy atom. The van der Waals surface area contributed by atoms with Gasteiger partial charge in [0.1, 0.15) is 15.8 Å². The van der Waals surface area contributed by atoms with Crippen LogP contribution in [-0.2, 0) is 17.8 Å². The number of carbonyl (C=O) groups excluding carboxylic acids is 1. The Kier molecular flexibility index (Phi) is 4.84. The van der Waals surface area contributed by atoms with Gasteiger partial charge in [0, 0.05) is 24.9 Å². The lowest BCUT2D eigenvalue weighted by Crippen LogP contribution is -2.25. The van der Waals surface area contributed by atoms with Crippen molar-refractivity contribution in [2.45, 2.75) is 46.2 Å². The molecule has 2 aromatic heterocycles. The number of nitrogens with zero attached hydrogens (tertiary/aromatic N) is 4. The smallest absolute Gasteiger partial charge is 0.222 e. The Labute approximate surface area is 122 Å². The van der Waals surface area contributed by atoms with E-state index >= 15 is 0 Å². The third-order valence-electron chi connectivity index (χ3n) is 3.07. The summed E-state index contributed by atoms with van der Waals surface area (Å²) < 4.78 is 2.00. The van der Waals surface area contributed by atoms with Gasteiger partial charge in [-0.25, -0.2) is 4.98 Å². The van der Waals surface area contributed by atoms with Gasteiger partial charge in [0.05, 0.1) is 6.54 Å². The van der Waals surface area contributed by atoms with E-state index in [4.69, 9.17) is 0 Å². The topological polar surface area (TPSA) is 72.7 Å². The van der Waals surface area contributed by atoms with Crippen LogP contribution in [0.3, 0.4) is 0 Å². The molecule has 2 aromatic rings. The number of amides is 1. The molecule has 0 aliphatic heterocycles. The maximum atomic E-state index is 11.9. The lowest BCUT2D eigenvalue weighted by Gasteiger charge is -2.14. The van der Waals surface area contributed by atoms with E-state index in [0.717, 1.165) is 22.3 Å². The summed E-state index contributed by atoms with van der Waals surface area (Å²) in [6, 6.07) is 0.0955. The minimum atomic E-state index is 0.0128. The summed E-state index contributed by atoms with van der Waals surface area (Å²) in [7, 11) is 0. The third kappa shape index (κ3) is 3.63. The molecular formula is C13H19N5OS. The molecule has 0 aromatic carbocycles. The quantitative estimate of drug-likeness (QED) is 0.882. The van der Waals surface area contributed by atoms with E-state index in [1.807, 2.05) is 31.5 Å². The Balaban J connectivity index is 1.82. The van der Waals surface area contributed by atoms with Crippen molar-refractivity contribution >= 4 is 17.2 Å². The van der Waals surface area contributed by atoms with Crippen molar-refractivity contribution in [3.05, 3.63) is 28.2 Å².